The minimum Gasteiger partial charge on any atom is -0.373 e. The van der Waals surface area contributed by atoms with Gasteiger partial charge in [-0.25, -0.2) is 9.97 Å². The number of nitrogens with zero attached hydrogens (tertiary/aromatic N) is 3. The second-order valence-electron chi connectivity index (χ2n) is 5.01. The molecule has 0 spiro atoms. The van der Waals surface area contributed by atoms with Gasteiger partial charge in [-0.3, -0.25) is 4.98 Å². The Morgan fingerprint density at radius 3 is 2.55 bits per heavy atom. The first-order valence-electron chi connectivity index (χ1n) is 6.81. The average molecular weight is 271 g/mol. The highest BCUT2D eigenvalue weighted by molar-refractivity contribution is 5.58. The summed E-state index contributed by atoms with van der Waals surface area (Å²) in [5, 5.41) is 6.48. The molecule has 0 unspecified atom stereocenters. The first-order chi connectivity index (χ1) is 9.61. The van der Waals surface area contributed by atoms with Crippen molar-refractivity contribution >= 4 is 11.6 Å². The van der Waals surface area contributed by atoms with Crippen LogP contribution < -0.4 is 10.6 Å². The molecule has 0 radical (unpaired) electrons. The Kier molecular flexibility index (Phi) is 4.50. The number of aryl methyl sites for hydroxylation is 1. The summed E-state index contributed by atoms with van der Waals surface area (Å²) in [7, 11) is 1.88. The van der Waals surface area contributed by atoms with Crippen LogP contribution in [0.3, 0.4) is 0 Å². The third-order valence-electron chi connectivity index (χ3n) is 3.08. The molecule has 2 heterocycles. The summed E-state index contributed by atoms with van der Waals surface area (Å²) in [5.74, 6) is 2.07. The van der Waals surface area contributed by atoms with Crippen molar-refractivity contribution in [1.29, 1.82) is 0 Å². The van der Waals surface area contributed by atoms with Crippen LogP contribution in [0.4, 0.5) is 11.6 Å². The molecule has 0 amide bonds. The van der Waals surface area contributed by atoms with E-state index in [1.807, 2.05) is 32.2 Å². The van der Waals surface area contributed by atoms with Crippen LogP contribution in [0.2, 0.25) is 0 Å². The minimum atomic E-state index is 0.339. The molecule has 0 fully saturated rings. The Labute approximate surface area is 119 Å². The van der Waals surface area contributed by atoms with Crippen molar-refractivity contribution in [2.24, 2.45) is 0 Å². The highest BCUT2D eigenvalue weighted by Crippen LogP contribution is 2.28. The van der Waals surface area contributed by atoms with E-state index in [-0.39, 0.29) is 0 Å². The van der Waals surface area contributed by atoms with E-state index in [1.165, 1.54) is 0 Å². The predicted molar refractivity (Wildman–Crippen MR) is 82.0 cm³/mol. The largest absolute Gasteiger partial charge is 0.373 e. The first kappa shape index (κ1) is 14.2. The Hall–Kier alpha value is -2.17. The van der Waals surface area contributed by atoms with Crippen LogP contribution >= 0.6 is 0 Å². The lowest BCUT2D eigenvalue weighted by molar-refractivity contribution is 0.845. The van der Waals surface area contributed by atoms with Crippen molar-refractivity contribution in [2.75, 3.05) is 17.7 Å². The molecule has 0 saturated carbocycles. The van der Waals surface area contributed by atoms with Crippen molar-refractivity contribution in [1.82, 2.24) is 15.0 Å². The summed E-state index contributed by atoms with van der Waals surface area (Å²) in [6, 6.07) is 6.02. The molecular weight excluding hydrogens is 250 g/mol. The molecule has 2 aromatic rings. The fourth-order valence-electron chi connectivity index (χ4n) is 2.15. The second kappa shape index (κ2) is 6.32. The van der Waals surface area contributed by atoms with Crippen LogP contribution in [0.25, 0.3) is 0 Å². The summed E-state index contributed by atoms with van der Waals surface area (Å²) in [4.78, 5) is 13.1. The highest BCUT2D eigenvalue weighted by Gasteiger charge is 2.13. The monoisotopic (exact) mass is 271 g/mol. The zero-order chi connectivity index (χ0) is 14.5. The van der Waals surface area contributed by atoms with Crippen molar-refractivity contribution < 1.29 is 0 Å². The molecule has 2 aromatic heterocycles. The summed E-state index contributed by atoms with van der Waals surface area (Å²) in [6.07, 6.45) is 1.57. The molecule has 0 aromatic carbocycles. The van der Waals surface area contributed by atoms with Crippen molar-refractivity contribution in [3.05, 3.63) is 41.5 Å². The van der Waals surface area contributed by atoms with Gasteiger partial charge in [0.1, 0.15) is 18.0 Å². The average Bonchev–Trinajstić information content (AvgIpc) is 2.44. The first-order valence-corrected chi connectivity index (χ1v) is 6.81. The second-order valence-corrected chi connectivity index (χ2v) is 5.01. The summed E-state index contributed by atoms with van der Waals surface area (Å²) in [6.45, 7) is 6.92. The molecule has 2 N–H and O–H groups in total. The van der Waals surface area contributed by atoms with Crippen LogP contribution in [-0.4, -0.2) is 22.0 Å². The van der Waals surface area contributed by atoms with Gasteiger partial charge in [0.05, 0.1) is 12.2 Å². The van der Waals surface area contributed by atoms with Crippen LogP contribution in [0, 0.1) is 6.92 Å². The van der Waals surface area contributed by atoms with E-state index in [0.717, 1.165) is 28.6 Å². The SMILES string of the molecule is CNc1ncnc(NCc2cccc(C)n2)c1C(C)C. The molecule has 5 nitrogen and oxygen atoms in total. The van der Waals surface area contributed by atoms with Gasteiger partial charge < -0.3 is 10.6 Å². The number of anilines is 2. The molecular formula is C15H21N5. The number of pyridine rings is 1. The molecule has 2 rings (SSSR count). The van der Waals surface area contributed by atoms with Gasteiger partial charge in [0.15, 0.2) is 0 Å². The van der Waals surface area contributed by atoms with Crippen LogP contribution in [0.15, 0.2) is 24.5 Å². The highest BCUT2D eigenvalue weighted by atomic mass is 15.1. The zero-order valence-electron chi connectivity index (χ0n) is 12.4. The zero-order valence-corrected chi connectivity index (χ0v) is 12.4. The lowest BCUT2D eigenvalue weighted by Gasteiger charge is -2.16. The molecule has 0 bridgehead atoms. The summed E-state index contributed by atoms with van der Waals surface area (Å²) in [5.41, 5.74) is 3.12. The summed E-state index contributed by atoms with van der Waals surface area (Å²) >= 11 is 0. The van der Waals surface area contributed by atoms with Crippen LogP contribution in [0.1, 0.15) is 36.7 Å². The van der Waals surface area contributed by atoms with Crippen molar-refractivity contribution in [3.63, 3.8) is 0 Å². The number of rotatable bonds is 5. The minimum absolute atomic E-state index is 0.339. The van der Waals surface area contributed by atoms with Gasteiger partial charge in [-0.1, -0.05) is 19.9 Å². The van der Waals surface area contributed by atoms with Gasteiger partial charge in [-0.05, 0) is 25.0 Å². The van der Waals surface area contributed by atoms with E-state index in [1.54, 1.807) is 6.33 Å². The molecule has 106 valence electrons. The lowest BCUT2D eigenvalue weighted by Crippen LogP contribution is -2.10. The Balaban J connectivity index is 2.21. The maximum atomic E-state index is 4.48. The van der Waals surface area contributed by atoms with Gasteiger partial charge in [0.25, 0.3) is 0 Å². The fraction of sp³-hybridized carbons (Fsp3) is 0.400. The van der Waals surface area contributed by atoms with Gasteiger partial charge in [0, 0.05) is 18.3 Å². The fourth-order valence-corrected chi connectivity index (χ4v) is 2.15. The van der Waals surface area contributed by atoms with Crippen molar-refractivity contribution in [3.8, 4) is 0 Å². The Bertz CT molecular complexity index is 580. The number of aromatic nitrogens is 3. The van der Waals surface area contributed by atoms with E-state index in [4.69, 9.17) is 0 Å². The van der Waals surface area contributed by atoms with Gasteiger partial charge in [-0.15, -0.1) is 0 Å². The van der Waals surface area contributed by atoms with E-state index >= 15 is 0 Å². The van der Waals surface area contributed by atoms with Gasteiger partial charge >= 0.3 is 0 Å². The van der Waals surface area contributed by atoms with Crippen LogP contribution in [-0.2, 0) is 6.54 Å². The molecule has 0 aliphatic carbocycles. The smallest absolute Gasteiger partial charge is 0.135 e. The Morgan fingerprint density at radius 2 is 1.90 bits per heavy atom. The normalized spacial score (nSPS) is 10.7. The maximum absolute atomic E-state index is 4.48. The maximum Gasteiger partial charge on any atom is 0.135 e. The molecule has 20 heavy (non-hydrogen) atoms. The van der Waals surface area contributed by atoms with E-state index in [0.29, 0.717) is 12.5 Å². The molecule has 0 aliphatic rings. The molecule has 0 saturated heterocycles. The molecule has 0 atom stereocenters. The molecule has 0 aliphatic heterocycles. The number of hydrogen-bond donors (Lipinski definition) is 2. The standard InChI is InChI=1S/C15H21N5/c1-10(2)13-14(16-4)18-9-19-15(13)17-8-12-7-5-6-11(3)20-12/h5-7,9-10H,8H2,1-4H3,(H2,16,17,18,19). The molecule has 5 heteroatoms. The third-order valence-corrected chi connectivity index (χ3v) is 3.08. The quantitative estimate of drug-likeness (QED) is 0.875. The summed E-state index contributed by atoms with van der Waals surface area (Å²) < 4.78 is 0. The van der Waals surface area contributed by atoms with Crippen LogP contribution in [0.5, 0.6) is 0 Å². The topological polar surface area (TPSA) is 62.7 Å². The lowest BCUT2D eigenvalue weighted by atomic mass is 10.0. The third kappa shape index (κ3) is 3.23. The Morgan fingerprint density at radius 1 is 1.15 bits per heavy atom. The van der Waals surface area contributed by atoms with E-state index < -0.39 is 0 Å². The number of nitrogens with one attached hydrogen (secondary N) is 2. The predicted octanol–water partition coefficient (Wildman–Crippen LogP) is 2.96. The van der Waals surface area contributed by atoms with E-state index in [2.05, 4.69) is 39.4 Å². The van der Waals surface area contributed by atoms with Gasteiger partial charge in [0.2, 0.25) is 0 Å². The van der Waals surface area contributed by atoms with Gasteiger partial charge in [-0.2, -0.15) is 0 Å². The van der Waals surface area contributed by atoms with Crippen molar-refractivity contribution in [2.45, 2.75) is 33.2 Å². The van der Waals surface area contributed by atoms with E-state index in [9.17, 15) is 0 Å². The number of hydrogen-bond acceptors (Lipinski definition) is 5.